The molecule has 0 radical (unpaired) electrons. The predicted molar refractivity (Wildman–Crippen MR) is 76.3 cm³/mol. The number of hydrogen-bond acceptors (Lipinski definition) is 3. The highest BCUT2D eigenvalue weighted by Gasteiger charge is 2.30. The first kappa shape index (κ1) is 16.2. The summed E-state index contributed by atoms with van der Waals surface area (Å²) in [6.07, 6.45) is 1.91. The number of hydrogen-bond donors (Lipinski definition) is 1. The van der Waals surface area contributed by atoms with E-state index in [2.05, 4.69) is 5.32 Å². The molecule has 1 aliphatic heterocycles. The Labute approximate surface area is 125 Å². The Morgan fingerprint density at radius 1 is 1.38 bits per heavy atom. The number of amides is 1. The van der Waals surface area contributed by atoms with Crippen molar-refractivity contribution in [2.75, 3.05) is 20.1 Å². The molecule has 0 spiro atoms. The minimum Gasteiger partial charge on any atom is -0.334 e. The van der Waals surface area contributed by atoms with E-state index in [1.807, 2.05) is 7.05 Å². The van der Waals surface area contributed by atoms with Crippen LogP contribution < -0.4 is 5.32 Å². The predicted octanol–water partition coefficient (Wildman–Crippen LogP) is 3.12. The Bertz CT molecular complexity index is 490. The lowest BCUT2D eigenvalue weighted by Crippen LogP contribution is -2.40. The highest BCUT2D eigenvalue weighted by molar-refractivity contribution is 8.00. The number of nitrogens with one attached hydrogen (secondary N) is 1. The number of likely N-dealkylation sites (tertiary alicyclic amines) is 1. The Balaban J connectivity index is 2.06. The number of likely N-dealkylation sites (N-methyl/N-ethyl adjacent to an activating group) is 1. The number of nitrogens with zero attached hydrogens (tertiary/aromatic N) is 1. The van der Waals surface area contributed by atoms with Gasteiger partial charge in [0.15, 0.2) is 0 Å². The van der Waals surface area contributed by atoms with Gasteiger partial charge in [-0.1, -0.05) is 0 Å². The van der Waals surface area contributed by atoms with Gasteiger partial charge in [-0.25, -0.2) is 0 Å². The molecule has 1 fully saturated rings. The third-order valence-corrected chi connectivity index (χ3v) is 4.15. The molecule has 0 bridgehead atoms. The first-order valence-electron chi connectivity index (χ1n) is 6.72. The average Bonchev–Trinajstić information content (AvgIpc) is 2.86. The second kappa shape index (κ2) is 6.70. The summed E-state index contributed by atoms with van der Waals surface area (Å²) < 4.78 is 36.8. The van der Waals surface area contributed by atoms with Crippen LogP contribution in [0.3, 0.4) is 0 Å². The standard InChI is InChI=1S/C14H17F3N2OS/c1-18-9-11-3-2-8-19(11)13(20)10-4-6-12(7-5-10)21-14(15,16)17/h4-7,11,18H,2-3,8-9H2,1H3. The molecule has 3 nitrogen and oxygen atoms in total. The molecular weight excluding hydrogens is 301 g/mol. The molecular formula is C14H17F3N2OS. The van der Waals surface area contributed by atoms with Crippen LogP contribution in [-0.4, -0.2) is 42.5 Å². The average molecular weight is 318 g/mol. The van der Waals surface area contributed by atoms with E-state index in [-0.39, 0.29) is 28.6 Å². The highest BCUT2D eigenvalue weighted by Crippen LogP contribution is 2.36. The van der Waals surface area contributed by atoms with Crippen LogP contribution in [0.25, 0.3) is 0 Å². The number of thioether (sulfide) groups is 1. The third kappa shape index (κ3) is 4.38. The molecule has 1 aliphatic rings. The number of halogens is 3. The maximum absolute atomic E-state index is 12.4. The quantitative estimate of drug-likeness (QED) is 0.866. The lowest BCUT2D eigenvalue weighted by molar-refractivity contribution is -0.0328. The van der Waals surface area contributed by atoms with Gasteiger partial charge >= 0.3 is 5.51 Å². The summed E-state index contributed by atoms with van der Waals surface area (Å²) in [6, 6.07) is 5.77. The van der Waals surface area contributed by atoms with E-state index in [1.54, 1.807) is 4.90 Å². The fraction of sp³-hybridized carbons (Fsp3) is 0.500. The van der Waals surface area contributed by atoms with Gasteiger partial charge in [0.05, 0.1) is 0 Å². The van der Waals surface area contributed by atoms with Crippen LogP contribution in [0.2, 0.25) is 0 Å². The van der Waals surface area contributed by atoms with Crippen LogP contribution >= 0.6 is 11.8 Å². The van der Waals surface area contributed by atoms with Gasteiger partial charge in [0.1, 0.15) is 0 Å². The molecule has 1 atom stereocenters. The highest BCUT2D eigenvalue weighted by atomic mass is 32.2. The fourth-order valence-corrected chi connectivity index (χ4v) is 3.06. The second-order valence-electron chi connectivity index (χ2n) is 4.92. The van der Waals surface area contributed by atoms with E-state index < -0.39 is 5.51 Å². The number of carbonyl (C=O) groups is 1. The molecule has 1 saturated heterocycles. The van der Waals surface area contributed by atoms with Gasteiger partial charge < -0.3 is 10.2 Å². The topological polar surface area (TPSA) is 32.3 Å². The number of benzene rings is 1. The Hall–Kier alpha value is -1.21. The number of carbonyl (C=O) groups excluding carboxylic acids is 1. The van der Waals surface area contributed by atoms with Crippen molar-refractivity contribution in [2.24, 2.45) is 0 Å². The van der Waals surface area contributed by atoms with Gasteiger partial charge in [0.2, 0.25) is 0 Å². The first-order valence-corrected chi connectivity index (χ1v) is 7.54. The number of rotatable bonds is 4. The molecule has 116 valence electrons. The van der Waals surface area contributed by atoms with Crippen molar-refractivity contribution in [1.82, 2.24) is 10.2 Å². The molecule has 0 saturated carbocycles. The summed E-state index contributed by atoms with van der Waals surface area (Å²) >= 11 is -0.173. The van der Waals surface area contributed by atoms with Gasteiger partial charge in [-0.2, -0.15) is 13.2 Å². The summed E-state index contributed by atoms with van der Waals surface area (Å²) in [4.78, 5) is 14.3. The molecule has 1 unspecified atom stereocenters. The lowest BCUT2D eigenvalue weighted by atomic mass is 10.1. The normalized spacial score (nSPS) is 19.0. The van der Waals surface area contributed by atoms with E-state index in [0.29, 0.717) is 12.1 Å². The summed E-state index contributed by atoms with van der Waals surface area (Å²) in [5, 5.41) is 3.06. The molecule has 7 heteroatoms. The third-order valence-electron chi connectivity index (χ3n) is 3.41. The van der Waals surface area contributed by atoms with Gasteiger partial charge in [-0.3, -0.25) is 4.79 Å². The van der Waals surface area contributed by atoms with Gasteiger partial charge in [0, 0.05) is 29.6 Å². The van der Waals surface area contributed by atoms with Crippen molar-refractivity contribution < 1.29 is 18.0 Å². The van der Waals surface area contributed by atoms with Crippen LogP contribution in [0.4, 0.5) is 13.2 Å². The Kier molecular flexibility index (Phi) is 5.16. The largest absolute Gasteiger partial charge is 0.446 e. The molecule has 21 heavy (non-hydrogen) atoms. The zero-order chi connectivity index (χ0) is 15.5. The van der Waals surface area contributed by atoms with Crippen LogP contribution in [0.1, 0.15) is 23.2 Å². The van der Waals surface area contributed by atoms with Crippen molar-refractivity contribution in [3.8, 4) is 0 Å². The van der Waals surface area contributed by atoms with Gasteiger partial charge in [0.25, 0.3) is 5.91 Å². The second-order valence-corrected chi connectivity index (χ2v) is 6.06. The summed E-state index contributed by atoms with van der Waals surface area (Å²) in [7, 11) is 1.84. The van der Waals surface area contributed by atoms with E-state index in [4.69, 9.17) is 0 Å². The van der Waals surface area contributed by atoms with Crippen molar-refractivity contribution in [3.05, 3.63) is 29.8 Å². The molecule has 1 N–H and O–H groups in total. The van der Waals surface area contributed by atoms with Gasteiger partial charge in [-0.05, 0) is 55.9 Å². The van der Waals surface area contributed by atoms with Crippen LogP contribution in [0, 0.1) is 0 Å². The van der Waals surface area contributed by atoms with E-state index in [9.17, 15) is 18.0 Å². The SMILES string of the molecule is CNCC1CCCN1C(=O)c1ccc(SC(F)(F)F)cc1. The maximum atomic E-state index is 12.4. The zero-order valence-corrected chi connectivity index (χ0v) is 12.4. The van der Waals surface area contributed by atoms with Crippen molar-refractivity contribution in [3.63, 3.8) is 0 Å². The van der Waals surface area contributed by atoms with Crippen LogP contribution in [0.15, 0.2) is 29.2 Å². The van der Waals surface area contributed by atoms with E-state index in [1.165, 1.54) is 24.3 Å². The van der Waals surface area contributed by atoms with E-state index in [0.717, 1.165) is 19.4 Å². The smallest absolute Gasteiger partial charge is 0.334 e. The zero-order valence-electron chi connectivity index (χ0n) is 11.6. The molecule has 0 aromatic heterocycles. The summed E-state index contributed by atoms with van der Waals surface area (Å²) in [6.45, 7) is 1.43. The first-order chi connectivity index (χ1) is 9.90. The van der Waals surface area contributed by atoms with Crippen molar-refractivity contribution >= 4 is 17.7 Å². The van der Waals surface area contributed by atoms with E-state index >= 15 is 0 Å². The van der Waals surface area contributed by atoms with Crippen LogP contribution in [0.5, 0.6) is 0 Å². The molecule has 1 aromatic carbocycles. The summed E-state index contributed by atoms with van der Waals surface area (Å²) in [5.74, 6) is -0.115. The van der Waals surface area contributed by atoms with Gasteiger partial charge in [-0.15, -0.1) is 0 Å². The molecule has 1 heterocycles. The number of alkyl halides is 3. The monoisotopic (exact) mass is 318 g/mol. The van der Waals surface area contributed by atoms with Crippen LogP contribution in [-0.2, 0) is 0 Å². The minimum absolute atomic E-state index is 0.0900. The lowest BCUT2D eigenvalue weighted by Gasteiger charge is -2.24. The molecule has 0 aliphatic carbocycles. The Morgan fingerprint density at radius 2 is 2.05 bits per heavy atom. The molecule has 1 aromatic rings. The maximum Gasteiger partial charge on any atom is 0.446 e. The minimum atomic E-state index is -4.31. The molecule has 1 amide bonds. The van der Waals surface area contributed by atoms with Crippen molar-refractivity contribution in [1.29, 1.82) is 0 Å². The molecule has 2 rings (SSSR count). The van der Waals surface area contributed by atoms with Crippen molar-refractivity contribution in [2.45, 2.75) is 29.3 Å². The fourth-order valence-electron chi connectivity index (χ4n) is 2.52. The summed E-state index contributed by atoms with van der Waals surface area (Å²) in [5.41, 5.74) is -3.87. The Morgan fingerprint density at radius 3 is 2.62 bits per heavy atom.